The molecule has 0 aromatic carbocycles. The summed E-state index contributed by atoms with van der Waals surface area (Å²) in [6.45, 7) is 9.71. The molecule has 2 aromatic rings. The first-order chi connectivity index (χ1) is 14.8. The zero-order valence-corrected chi connectivity index (χ0v) is 21.0. The summed E-state index contributed by atoms with van der Waals surface area (Å²) in [5, 5.41) is 1.05. The molecular weight excluding hydrogens is 430 g/mol. The Morgan fingerprint density at radius 3 is 2.71 bits per heavy atom. The SMILES string of the molecule is CCOCCCn1c(S[C@@H](C)C(=O)N(C)C2CCCCC2)nc2sc(C)c(C)c2c1=O. The second-order valence-corrected chi connectivity index (χ2v) is 10.9. The van der Waals surface area contributed by atoms with Crippen molar-refractivity contribution in [1.82, 2.24) is 14.5 Å². The van der Waals surface area contributed by atoms with Gasteiger partial charge in [-0.3, -0.25) is 14.2 Å². The fraction of sp³-hybridized carbons (Fsp3) is 0.696. The average Bonchev–Trinajstić information content (AvgIpc) is 3.05. The Bertz CT molecular complexity index is 963. The van der Waals surface area contributed by atoms with Gasteiger partial charge in [0.15, 0.2) is 5.16 Å². The van der Waals surface area contributed by atoms with Crippen LogP contribution in [-0.4, -0.2) is 51.9 Å². The Morgan fingerprint density at radius 2 is 2.03 bits per heavy atom. The molecule has 0 saturated heterocycles. The summed E-state index contributed by atoms with van der Waals surface area (Å²) in [4.78, 5) is 35.1. The Balaban J connectivity index is 1.86. The Morgan fingerprint density at radius 1 is 1.32 bits per heavy atom. The highest BCUT2D eigenvalue weighted by Gasteiger charge is 2.28. The van der Waals surface area contributed by atoms with E-state index in [1.807, 2.05) is 39.6 Å². The van der Waals surface area contributed by atoms with E-state index in [1.165, 1.54) is 31.0 Å². The molecule has 0 spiro atoms. The molecular formula is C23H35N3O3S2. The summed E-state index contributed by atoms with van der Waals surface area (Å²) in [6, 6.07) is 0.329. The third kappa shape index (κ3) is 5.52. The number of hydrogen-bond acceptors (Lipinski definition) is 6. The molecule has 1 amide bonds. The van der Waals surface area contributed by atoms with Crippen molar-refractivity contribution >= 4 is 39.2 Å². The van der Waals surface area contributed by atoms with Gasteiger partial charge >= 0.3 is 0 Å². The van der Waals surface area contributed by atoms with Crippen molar-refractivity contribution in [3.05, 3.63) is 20.8 Å². The molecule has 2 aromatic heterocycles. The summed E-state index contributed by atoms with van der Waals surface area (Å²) in [6.07, 6.45) is 6.55. The van der Waals surface area contributed by atoms with E-state index in [1.54, 1.807) is 15.9 Å². The number of thiophene rings is 1. The maximum absolute atomic E-state index is 13.4. The number of thioether (sulfide) groups is 1. The van der Waals surface area contributed by atoms with Crippen LogP contribution in [0.3, 0.4) is 0 Å². The summed E-state index contributed by atoms with van der Waals surface area (Å²) in [5.74, 6) is 0.116. The zero-order valence-electron chi connectivity index (χ0n) is 19.4. The quantitative estimate of drug-likeness (QED) is 0.303. The smallest absolute Gasteiger partial charge is 0.263 e. The fourth-order valence-corrected chi connectivity index (χ4v) is 6.31. The van der Waals surface area contributed by atoms with Gasteiger partial charge in [-0.15, -0.1) is 11.3 Å². The molecule has 6 nitrogen and oxygen atoms in total. The molecule has 0 N–H and O–H groups in total. The van der Waals surface area contributed by atoms with Crippen LogP contribution in [0.15, 0.2) is 9.95 Å². The summed E-state index contributed by atoms with van der Waals surface area (Å²) >= 11 is 2.96. The Hall–Kier alpha value is -1.38. The normalized spacial score (nSPS) is 16.0. The van der Waals surface area contributed by atoms with Gasteiger partial charge in [0.05, 0.1) is 10.6 Å². The van der Waals surface area contributed by atoms with Crippen LogP contribution in [0.1, 0.15) is 62.8 Å². The van der Waals surface area contributed by atoms with Crippen LogP contribution in [-0.2, 0) is 16.1 Å². The van der Waals surface area contributed by atoms with Gasteiger partial charge in [0, 0.05) is 37.7 Å². The Labute approximate surface area is 193 Å². The van der Waals surface area contributed by atoms with Crippen molar-refractivity contribution < 1.29 is 9.53 Å². The van der Waals surface area contributed by atoms with E-state index in [0.717, 1.165) is 34.5 Å². The molecule has 172 valence electrons. The van der Waals surface area contributed by atoms with Gasteiger partial charge in [-0.05, 0) is 52.5 Å². The van der Waals surface area contributed by atoms with E-state index in [-0.39, 0.29) is 16.7 Å². The molecule has 8 heteroatoms. The van der Waals surface area contributed by atoms with Crippen molar-refractivity contribution in [3.8, 4) is 0 Å². The first-order valence-corrected chi connectivity index (χ1v) is 13.1. The predicted octanol–water partition coefficient (Wildman–Crippen LogP) is 4.77. The molecule has 1 aliphatic carbocycles. The van der Waals surface area contributed by atoms with Gasteiger partial charge in [0.25, 0.3) is 5.56 Å². The number of ether oxygens (including phenoxy) is 1. The molecule has 0 radical (unpaired) electrons. The highest BCUT2D eigenvalue weighted by molar-refractivity contribution is 8.00. The standard InChI is InChI=1S/C23H35N3O3S2/c1-6-29-14-10-13-26-22(28)19-15(2)16(3)30-20(19)24-23(26)31-17(4)21(27)25(5)18-11-8-7-9-12-18/h17-18H,6-14H2,1-5H3/t17-/m0/s1. The highest BCUT2D eigenvalue weighted by atomic mass is 32.2. The molecule has 1 fully saturated rings. The van der Waals surface area contributed by atoms with Gasteiger partial charge in [0.2, 0.25) is 5.91 Å². The van der Waals surface area contributed by atoms with Crippen LogP contribution >= 0.6 is 23.1 Å². The van der Waals surface area contributed by atoms with Crippen molar-refractivity contribution in [2.45, 2.75) is 89.2 Å². The summed E-state index contributed by atoms with van der Waals surface area (Å²) in [7, 11) is 1.92. The lowest BCUT2D eigenvalue weighted by molar-refractivity contribution is -0.131. The highest BCUT2D eigenvalue weighted by Crippen LogP contribution is 2.31. The van der Waals surface area contributed by atoms with E-state index >= 15 is 0 Å². The number of aromatic nitrogens is 2. The van der Waals surface area contributed by atoms with Gasteiger partial charge in [-0.25, -0.2) is 4.98 Å². The number of rotatable bonds is 9. The fourth-order valence-electron chi connectivity index (χ4n) is 4.21. The monoisotopic (exact) mass is 465 g/mol. The minimum atomic E-state index is -0.295. The molecule has 0 bridgehead atoms. The van der Waals surface area contributed by atoms with Crippen LogP contribution in [0.4, 0.5) is 0 Å². The van der Waals surface area contributed by atoms with E-state index in [9.17, 15) is 9.59 Å². The molecule has 0 aliphatic heterocycles. The molecule has 0 unspecified atom stereocenters. The lowest BCUT2D eigenvalue weighted by Crippen LogP contribution is -2.42. The number of fused-ring (bicyclic) bond motifs is 1. The topological polar surface area (TPSA) is 64.4 Å². The molecule has 3 rings (SSSR count). The molecule has 1 aliphatic rings. The second-order valence-electron chi connectivity index (χ2n) is 8.37. The third-order valence-corrected chi connectivity index (χ3v) is 8.41. The molecule has 2 heterocycles. The van der Waals surface area contributed by atoms with Crippen LogP contribution < -0.4 is 5.56 Å². The number of hydrogen-bond donors (Lipinski definition) is 0. The van der Waals surface area contributed by atoms with E-state index in [2.05, 4.69) is 0 Å². The minimum absolute atomic E-state index is 0.00821. The maximum Gasteiger partial charge on any atom is 0.263 e. The number of aryl methyl sites for hydroxylation is 2. The molecule has 1 atom stereocenters. The largest absolute Gasteiger partial charge is 0.382 e. The third-order valence-electron chi connectivity index (χ3n) is 6.23. The summed E-state index contributed by atoms with van der Waals surface area (Å²) in [5.41, 5.74) is 1.000. The Kier molecular flexibility index (Phi) is 8.58. The van der Waals surface area contributed by atoms with E-state index in [4.69, 9.17) is 9.72 Å². The van der Waals surface area contributed by atoms with Crippen LogP contribution in [0.25, 0.3) is 10.2 Å². The summed E-state index contributed by atoms with van der Waals surface area (Å²) < 4.78 is 7.21. The van der Waals surface area contributed by atoms with Crippen molar-refractivity contribution in [2.24, 2.45) is 0 Å². The van der Waals surface area contributed by atoms with E-state index in [0.29, 0.717) is 36.3 Å². The first kappa shape index (κ1) is 24.3. The number of carbonyl (C=O) groups excluding carboxylic acids is 1. The van der Waals surface area contributed by atoms with Crippen LogP contribution in [0.5, 0.6) is 0 Å². The van der Waals surface area contributed by atoms with Gasteiger partial charge in [-0.2, -0.15) is 0 Å². The van der Waals surface area contributed by atoms with Gasteiger partial charge in [0.1, 0.15) is 4.83 Å². The maximum atomic E-state index is 13.4. The van der Waals surface area contributed by atoms with Gasteiger partial charge in [-0.1, -0.05) is 31.0 Å². The van der Waals surface area contributed by atoms with Crippen molar-refractivity contribution in [3.63, 3.8) is 0 Å². The number of nitrogens with zero attached hydrogens (tertiary/aromatic N) is 3. The van der Waals surface area contributed by atoms with Crippen LogP contribution in [0.2, 0.25) is 0 Å². The van der Waals surface area contributed by atoms with Crippen LogP contribution in [0, 0.1) is 13.8 Å². The first-order valence-electron chi connectivity index (χ1n) is 11.4. The van der Waals surface area contributed by atoms with E-state index < -0.39 is 0 Å². The number of carbonyl (C=O) groups is 1. The zero-order chi connectivity index (χ0) is 22.5. The lowest BCUT2D eigenvalue weighted by atomic mass is 9.94. The average molecular weight is 466 g/mol. The van der Waals surface area contributed by atoms with Crippen molar-refractivity contribution in [2.75, 3.05) is 20.3 Å². The molecule has 1 saturated carbocycles. The molecule has 31 heavy (non-hydrogen) atoms. The predicted molar refractivity (Wildman–Crippen MR) is 129 cm³/mol. The lowest BCUT2D eigenvalue weighted by Gasteiger charge is -2.32. The second kappa shape index (κ2) is 11.0. The van der Waals surface area contributed by atoms with Crippen molar-refractivity contribution in [1.29, 1.82) is 0 Å². The number of amides is 1. The minimum Gasteiger partial charge on any atom is -0.382 e. The van der Waals surface area contributed by atoms with Gasteiger partial charge < -0.3 is 9.64 Å².